The van der Waals surface area contributed by atoms with Gasteiger partial charge in [0.1, 0.15) is 10.5 Å². The molecule has 0 atom stereocenters. The number of fused-ring (bicyclic) bond motifs is 1. The molecule has 1 heterocycles. The second-order valence-corrected chi connectivity index (χ2v) is 6.68. The van der Waals surface area contributed by atoms with Gasteiger partial charge in [-0.25, -0.2) is 4.98 Å². The highest BCUT2D eigenvalue weighted by atomic mass is 32.1. The van der Waals surface area contributed by atoms with Gasteiger partial charge in [0.15, 0.2) is 0 Å². The van der Waals surface area contributed by atoms with Crippen molar-refractivity contribution in [1.29, 1.82) is 0 Å². The van der Waals surface area contributed by atoms with Crippen LogP contribution in [0.4, 0.5) is 0 Å². The van der Waals surface area contributed by atoms with E-state index in [9.17, 15) is 0 Å². The summed E-state index contributed by atoms with van der Waals surface area (Å²) in [5, 5.41) is 2.39. The zero-order valence-electron chi connectivity index (χ0n) is 12.5. The highest BCUT2D eigenvalue weighted by molar-refractivity contribution is 7.71. The number of H-pyrrole nitrogens is 1. The third-order valence-corrected chi connectivity index (χ3v) is 3.80. The molecule has 3 aromatic rings. The summed E-state index contributed by atoms with van der Waals surface area (Å²) in [6.45, 7) is 6.50. The number of nitrogens with one attached hydrogen (secondary N) is 1. The van der Waals surface area contributed by atoms with E-state index in [1.54, 1.807) is 0 Å². The number of benzene rings is 2. The van der Waals surface area contributed by atoms with E-state index in [0.717, 1.165) is 17.1 Å². The van der Waals surface area contributed by atoms with Crippen molar-refractivity contribution >= 4 is 23.0 Å². The smallest absolute Gasteiger partial charge is 0.139 e. The fourth-order valence-electron chi connectivity index (χ4n) is 2.42. The number of hydrogen-bond acceptors (Lipinski definition) is 2. The molecule has 0 saturated carbocycles. The summed E-state index contributed by atoms with van der Waals surface area (Å²) in [5.41, 5.74) is 2.20. The lowest BCUT2D eigenvalue weighted by Crippen LogP contribution is -2.14. The predicted octanol–water partition coefficient (Wildman–Crippen LogP) is 5.26. The minimum Gasteiger partial charge on any atom is -0.343 e. The van der Waals surface area contributed by atoms with Crippen LogP contribution in [0, 0.1) is 4.64 Å². The lowest BCUT2D eigenvalue weighted by molar-refractivity contribution is 0.567. The summed E-state index contributed by atoms with van der Waals surface area (Å²) in [6, 6.07) is 16.5. The highest BCUT2D eigenvalue weighted by Crippen LogP contribution is 2.28. The van der Waals surface area contributed by atoms with Crippen LogP contribution >= 0.6 is 12.2 Å². The van der Waals surface area contributed by atoms with Crippen LogP contribution in [0.2, 0.25) is 0 Å². The van der Waals surface area contributed by atoms with Gasteiger partial charge >= 0.3 is 0 Å². The maximum atomic E-state index is 5.35. The second-order valence-electron chi connectivity index (χ2n) is 6.26. The molecule has 0 aliphatic carbocycles. The molecule has 0 aliphatic rings. The standard InChI is InChI=1S/C18H18N2S/c1-18(2,3)15-11-16(21)20-17(19-15)14-10-6-8-12-7-4-5-9-13(12)14/h4-11H,1-3H3,(H,19,20,21). The first-order valence-corrected chi connectivity index (χ1v) is 7.46. The molecule has 2 aromatic carbocycles. The van der Waals surface area contributed by atoms with Crippen molar-refractivity contribution in [2.45, 2.75) is 26.2 Å². The zero-order valence-corrected chi connectivity index (χ0v) is 13.3. The number of rotatable bonds is 1. The topological polar surface area (TPSA) is 28.7 Å². The minimum absolute atomic E-state index is 0.00976. The molecule has 3 rings (SSSR count). The molecule has 0 spiro atoms. The first-order valence-electron chi connectivity index (χ1n) is 7.05. The first kappa shape index (κ1) is 14.0. The van der Waals surface area contributed by atoms with Crippen LogP contribution in [0.15, 0.2) is 48.5 Å². The van der Waals surface area contributed by atoms with Crippen molar-refractivity contribution < 1.29 is 0 Å². The number of nitrogens with zero attached hydrogens (tertiary/aromatic N) is 1. The van der Waals surface area contributed by atoms with E-state index in [1.165, 1.54) is 10.8 Å². The van der Waals surface area contributed by atoms with Gasteiger partial charge in [-0.1, -0.05) is 75.5 Å². The van der Waals surface area contributed by atoms with Gasteiger partial charge in [-0.3, -0.25) is 0 Å². The average molecular weight is 294 g/mol. The summed E-state index contributed by atoms with van der Waals surface area (Å²) in [5.74, 6) is 0.837. The molecular formula is C18H18N2S. The monoisotopic (exact) mass is 294 g/mol. The Hall–Kier alpha value is -2.00. The zero-order chi connectivity index (χ0) is 15.0. The average Bonchev–Trinajstić information content (AvgIpc) is 2.45. The lowest BCUT2D eigenvalue weighted by Gasteiger charge is -2.19. The number of hydrogen-bond donors (Lipinski definition) is 1. The van der Waals surface area contributed by atoms with Gasteiger partial charge in [-0.15, -0.1) is 0 Å². The molecule has 0 aliphatic heterocycles. The van der Waals surface area contributed by atoms with Crippen molar-refractivity contribution in [3.8, 4) is 11.4 Å². The Morgan fingerprint density at radius 1 is 1.00 bits per heavy atom. The van der Waals surface area contributed by atoms with Gasteiger partial charge in [0.2, 0.25) is 0 Å². The quantitative estimate of drug-likeness (QED) is 0.620. The van der Waals surface area contributed by atoms with E-state index in [-0.39, 0.29) is 5.41 Å². The molecule has 0 radical (unpaired) electrons. The first-order chi connectivity index (χ1) is 9.95. The highest BCUT2D eigenvalue weighted by Gasteiger charge is 2.16. The number of aromatic nitrogens is 2. The number of aromatic amines is 1. The molecule has 0 amide bonds. The third-order valence-electron chi connectivity index (χ3n) is 3.60. The molecule has 0 unspecified atom stereocenters. The summed E-state index contributed by atoms with van der Waals surface area (Å²) in [6.07, 6.45) is 0. The van der Waals surface area contributed by atoms with Crippen molar-refractivity contribution in [2.75, 3.05) is 0 Å². The van der Waals surface area contributed by atoms with E-state index in [1.807, 2.05) is 18.2 Å². The molecule has 106 valence electrons. The summed E-state index contributed by atoms with van der Waals surface area (Å²) in [7, 11) is 0. The van der Waals surface area contributed by atoms with E-state index in [0.29, 0.717) is 4.64 Å². The van der Waals surface area contributed by atoms with Crippen LogP contribution in [0.25, 0.3) is 22.2 Å². The van der Waals surface area contributed by atoms with Gasteiger partial charge in [-0.2, -0.15) is 0 Å². The Morgan fingerprint density at radius 2 is 1.71 bits per heavy atom. The Balaban J connectivity index is 2.29. The van der Waals surface area contributed by atoms with Crippen LogP contribution in [0.3, 0.4) is 0 Å². The molecular weight excluding hydrogens is 276 g/mol. The van der Waals surface area contributed by atoms with Crippen LogP contribution in [0.1, 0.15) is 26.5 Å². The van der Waals surface area contributed by atoms with Crippen LogP contribution in [-0.2, 0) is 5.41 Å². The SMILES string of the molecule is CC(C)(C)c1cc(=S)nc(-c2cccc3ccccc23)[nH]1. The van der Waals surface area contributed by atoms with E-state index >= 15 is 0 Å². The molecule has 3 heteroatoms. The van der Waals surface area contributed by atoms with E-state index in [2.05, 4.69) is 61.1 Å². The van der Waals surface area contributed by atoms with Gasteiger partial charge in [0.25, 0.3) is 0 Å². The van der Waals surface area contributed by atoms with Crippen molar-refractivity contribution in [3.05, 3.63) is 58.9 Å². The summed E-state index contributed by atoms with van der Waals surface area (Å²) in [4.78, 5) is 7.98. The van der Waals surface area contributed by atoms with Gasteiger partial charge < -0.3 is 4.98 Å². The van der Waals surface area contributed by atoms with Crippen LogP contribution in [0.5, 0.6) is 0 Å². The predicted molar refractivity (Wildman–Crippen MR) is 91.1 cm³/mol. The minimum atomic E-state index is 0.00976. The molecule has 0 bridgehead atoms. The Kier molecular flexibility index (Phi) is 3.38. The normalized spacial score (nSPS) is 11.8. The molecule has 0 saturated heterocycles. The molecule has 21 heavy (non-hydrogen) atoms. The largest absolute Gasteiger partial charge is 0.343 e. The fourth-order valence-corrected chi connectivity index (χ4v) is 2.63. The van der Waals surface area contributed by atoms with Crippen LogP contribution in [-0.4, -0.2) is 9.97 Å². The second kappa shape index (κ2) is 5.08. The Morgan fingerprint density at radius 3 is 2.48 bits per heavy atom. The van der Waals surface area contributed by atoms with Crippen molar-refractivity contribution in [2.24, 2.45) is 0 Å². The van der Waals surface area contributed by atoms with E-state index < -0.39 is 0 Å². The maximum Gasteiger partial charge on any atom is 0.139 e. The molecule has 1 aromatic heterocycles. The fraction of sp³-hybridized carbons (Fsp3) is 0.222. The third kappa shape index (κ3) is 2.74. The maximum absolute atomic E-state index is 5.35. The van der Waals surface area contributed by atoms with Gasteiger partial charge in [-0.05, 0) is 16.8 Å². The van der Waals surface area contributed by atoms with Crippen molar-refractivity contribution in [3.63, 3.8) is 0 Å². The van der Waals surface area contributed by atoms with E-state index in [4.69, 9.17) is 12.2 Å². The molecule has 2 nitrogen and oxygen atoms in total. The summed E-state index contributed by atoms with van der Waals surface area (Å²) < 4.78 is 0.626. The van der Waals surface area contributed by atoms with Crippen molar-refractivity contribution in [1.82, 2.24) is 9.97 Å². The summed E-state index contributed by atoms with van der Waals surface area (Å²) >= 11 is 5.35. The lowest BCUT2D eigenvalue weighted by atomic mass is 9.92. The Bertz CT molecular complexity index is 851. The molecule has 0 fully saturated rings. The van der Waals surface area contributed by atoms with Gasteiger partial charge in [0, 0.05) is 16.7 Å². The molecule has 1 N–H and O–H groups in total. The van der Waals surface area contributed by atoms with Crippen LogP contribution < -0.4 is 0 Å². The van der Waals surface area contributed by atoms with Gasteiger partial charge in [0.05, 0.1) is 0 Å². The Labute approximate surface area is 129 Å².